The Bertz CT molecular complexity index is 48.6. The third kappa shape index (κ3) is 7.18. The largest absolute Gasteiger partial charge is 2.00 e. The van der Waals surface area contributed by atoms with E-state index in [1.807, 2.05) is 6.92 Å². The second-order valence-corrected chi connectivity index (χ2v) is 1.56. The Morgan fingerprint density at radius 2 is 2.25 bits per heavy atom. The minimum absolute atomic E-state index is 0. The van der Waals surface area contributed by atoms with Crippen LogP contribution in [0.25, 0.3) is 0 Å². The van der Waals surface area contributed by atoms with E-state index in [2.05, 4.69) is 0 Å². The number of hydrogen-bond donors (Lipinski definition) is 1. The quantitative estimate of drug-likeness (QED) is 0.578. The molecule has 1 atom stereocenters. The van der Waals surface area contributed by atoms with Gasteiger partial charge < -0.3 is 12.7 Å². The first-order chi connectivity index (χ1) is 3.31. The molecular weight excluding hydrogens is 132 g/mol. The first-order valence-electron chi connectivity index (χ1n) is 2.45. The van der Waals surface area contributed by atoms with E-state index < -0.39 is 0 Å². The molecule has 0 aliphatic carbocycles. The van der Waals surface area contributed by atoms with E-state index in [9.17, 15) is 0 Å². The molecule has 0 amide bonds. The van der Waals surface area contributed by atoms with Crippen LogP contribution in [-0.2, 0) is 4.74 Å². The normalized spacial score (nSPS) is 12.4. The minimum Gasteiger partial charge on any atom is -1.00 e. The molecule has 0 radical (unpaired) electrons. The second-order valence-electron chi connectivity index (χ2n) is 1.56. The van der Waals surface area contributed by atoms with E-state index >= 15 is 0 Å². The summed E-state index contributed by atoms with van der Waals surface area (Å²) >= 11 is 0. The standard InChI is InChI=1S/C5H12O2.Ca.2H/c1-5(7-2)3-4-6;;;/h5-6H,3-4H2,1-2H3;;;/q;+2;2*-1. The van der Waals surface area contributed by atoms with Crippen LogP contribution in [0.5, 0.6) is 0 Å². The molecule has 8 heavy (non-hydrogen) atoms. The van der Waals surface area contributed by atoms with Crippen molar-refractivity contribution in [2.45, 2.75) is 19.4 Å². The molecule has 48 valence electrons. The van der Waals surface area contributed by atoms with E-state index in [0.29, 0.717) is 0 Å². The maximum atomic E-state index is 8.29. The fraction of sp³-hybridized carbons (Fsp3) is 1.00. The molecule has 0 rings (SSSR count). The zero-order valence-corrected chi connectivity index (χ0v) is 7.76. The molecule has 0 saturated heterocycles. The summed E-state index contributed by atoms with van der Waals surface area (Å²) in [7, 11) is 1.64. The van der Waals surface area contributed by atoms with Crippen LogP contribution in [0.15, 0.2) is 0 Å². The molecule has 0 heterocycles. The summed E-state index contributed by atoms with van der Waals surface area (Å²) < 4.78 is 4.83. The number of rotatable bonds is 3. The Morgan fingerprint density at radius 3 is 2.38 bits per heavy atom. The maximum absolute atomic E-state index is 8.29. The van der Waals surface area contributed by atoms with E-state index in [1.54, 1.807) is 7.11 Å². The van der Waals surface area contributed by atoms with Gasteiger partial charge >= 0.3 is 37.7 Å². The van der Waals surface area contributed by atoms with Gasteiger partial charge in [-0.1, -0.05) is 0 Å². The summed E-state index contributed by atoms with van der Waals surface area (Å²) in [6.45, 7) is 2.14. The first kappa shape index (κ1) is 11.9. The number of hydrogen-bond acceptors (Lipinski definition) is 2. The molecule has 0 fully saturated rings. The van der Waals surface area contributed by atoms with Crippen molar-refractivity contribution < 1.29 is 12.7 Å². The van der Waals surface area contributed by atoms with Crippen LogP contribution in [0.2, 0.25) is 0 Å². The molecule has 0 spiro atoms. The average molecular weight is 146 g/mol. The Labute approximate surface area is 83.2 Å². The zero-order valence-electron chi connectivity index (χ0n) is 7.55. The Hall–Kier alpha value is 1.18. The summed E-state index contributed by atoms with van der Waals surface area (Å²) in [4.78, 5) is 0. The van der Waals surface area contributed by atoms with E-state index in [-0.39, 0.29) is 53.3 Å². The van der Waals surface area contributed by atoms with Gasteiger partial charge in [-0.3, -0.25) is 0 Å². The molecule has 3 heteroatoms. The molecule has 0 aliphatic heterocycles. The van der Waals surface area contributed by atoms with Gasteiger partial charge in [0.05, 0.1) is 6.10 Å². The molecular formula is C5H14CaO2. The molecule has 0 aliphatic rings. The van der Waals surface area contributed by atoms with Crippen molar-refractivity contribution in [3.63, 3.8) is 0 Å². The Kier molecular flexibility index (Phi) is 12.2. The number of methoxy groups -OCH3 is 1. The fourth-order valence-electron chi connectivity index (χ4n) is 0.300. The summed E-state index contributed by atoms with van der Waals surface area (Å²) in [5.74, 6) is 0. The SMILES string of the molecule is COC(C)CCO.[Ca+2].[H-].[H-]. The van der Waals surface area contributed by atoms with Crippen LogP contribution < -0.4 is 0 Å². The monoisotopic (exact) mass is 146 g/mol. The second kappa shape index (κ2) is 8.18. The molecule has 0 bridgehead atoms. The molecule has 0 aromatic rings. The summed E-state index contributed by atoms with van der Waals surface area (Å²) in [6, 6.07) is 0. The van der Waals surface area contributed by atoms with Crippen LogP contribution in [0.3, 0.4) is 0 Å². The predicted octanol–water partition coefficient (Wildman–Crippen LogP) is 0.248. The van der Waals surface area contributed by atoms with Crippen molar-refractivity contribution in [1.29, 1.82) is 0 Å². The fourth-order valence-corrected chi connectivity index (χ4v) is 0.300. The van der Waals surface area contributed by atoms with E-state index in [1.165, 1.54) is 0 Å². The van der Waals surface area contributed by atoms with Crippen molar-refractivity contribution in [2.24, 2.45) is 0 Å². The third-order valence-electron chi connectivity index (χ3n) is 0.938. The molecule has 0 saturated carbocycles. The van der Waals surface area contributed by atoms with Crippen LogP contribution in [0, 0.1) is 0 Å². The van der Waals surface area contributed by atoms with Crippen LogP contribution >= 0.6 is 0 Å². The predicted molar refractivity (Wildman–Crippen MR) is 36.2 cm³/mol. The van der Waals surface area contributed by atoms with Gasteiger partial charge in [-0.05, 0) is 13.3 Å². The molecule has 1 unspecified atom stereocenters. The first-order valence-corrected chi connectivity index (χ1v) is 2.45. The van der Waals surface area contributed by atoms with Crippen LogP contribution in [0.4, 0.5) is 0 Å². The number of aliphatic hydroxyl groups is 1. The van der Waals surface area contributed by atoms with Crippen molar-refractivity contribution in [2.75, 3.05) is 13.7 Å². The van der Waals surface area contributed by atoms with E-state index in [4.69, 9.17) is 9.84 Å². The maximum Gasteiger partial charge on any atom is 2.00 e. The molecule has 0 aromatic heterocycles. The third-order valence-corrected chi connectivity index (χ3v) is 0.938. The Balaban J connectivity index is -0.0000000600. The van der Waals surface area contributed by atoms with Crippen molar-refractivity contribution in [1.82, 2.24) is 0 Å². The smallest absolute Gasteiger partial charge is 1.00 e. The van der Waals surface area contributed by atoms with E-state index in [0.717, 1.165) is 6.42 Å². The molecule has 0 aromatic carbocycles. The summed E-state index contributed by atoms with van der Waals surface area (Å²) in [6.07, 6.45) is 0.932. The Morgan fingerprint density at radius 1 is 1.75 bits per heavy atom. The van der Waals surface area contributed by atoms with Crippen LogP contribution in [0.1, 0.15) is 16.2 Å². The van der Waals surface area contributed by atoms with Gasteiger partial charge in [0.2, 0.25) is 0 Å². The average Bonchev–Trinajstić information content (AvgIpc) is 1.68. The number of ether oxygens (including phenoxy) is 1. The minimum atomic E-state index is 0. The summed E-state index contributed by atoms with van der Waals surface area (Å²) in [5.41, 5.74) is 0. The van der Waals surface area contributed by atoms with Gasteiger partial charge in [0.15, 0.2) is 0 Å². The van der Waals surface area contributed by atoms with Gasteiger partial charge in [0.25, 0.3) is 0 Å². The molecule has 2 nitrogen and oxygen atoms in total. The van der Waals surface area contributed by atoms with Gasteiger partial charge in [-0.25, -0.2) is 0 Å². The van der Waals surface area contributed by atoms with Gasteiger partial charge in [-0.15, -0.1) is 0 Å². The van der Waals surface area contributed by atoms with Crippen molar-refractivity contribution >= 4 is 37.7 Å². The van der Waals surface area contributed by atoms with Crippen molar-refractivity contribution in [3.05, 3.63) is 0 Å². The van der Waals surface area contributed by atoms with Gasteiger partial charge in [-0.2, -0.15) is 0 Å². The van der Waals surface area contributed by atoms with Gasteiger partial charge in [0, 0.05) is 13.7 Å². The number of aliphatic hydroxyl groups excluding tert-OH is 1. The van der Waals surface area contributed by atoms with Crippen molar-refractivity contribution in [3.8, 4) is 0 Å². The van der Waals surface area contributed by atoms with Gasteiger partial charge in [0.1, 0.15) is 0 Å². The summed E-state index contributed by atoms with van der Waals surface area (Å²) in [5, 5.41) is 8.29. The molecule has 1 N–H and O–H groups in total. The topological polar surface area (TPSA) is 29.5 Å². The zero-order chi connectivity index (χ0) is 5.70. The van der Waals surface area contributed by atoms with Crippen LogP contribution in [-0.4, -0.2) is 62.7 Å².